The zero-order valence-electron chi connectivity index (χ0n) is 12.7. The second-order valence-electron chi connectivity index (χ2n) is 5.10. The lowest BCUT2D eigenvalue weighted by Crippen LogP contribution is -2.41. The minimum Gasteiger partial charge on any atom is -0.480 e. The SMILES string of the molecule is COCCN1CCC[C@H]1CNC(=O)c1cccnc1OC. The molecule has 1 aromatic heterocycles. The van der Waals surface area contributed by atoms with Crippen molar-refractivity contribution in [3.63, 3.8) is 0 Å². The summed E-state index contributed by atoms with van der Waals surface area (Å²) >= 11 is 0. The first-order chi connectivity index (χ1) is 10.3. The van der Waals surface area contributed by atoms with Gasteiger partial charge in [0.2, 0.25) is 5.88 Å². The van der Waals surface area contributed by atoms with Crippen LogP contribution in [0.25, 0.3) is 0 Å². The molecule has 0 bridgehead atoms. The highest BCUT2D eigenvalue weighted by atomic mass is 16.5. The molecule has 0 unspecified atom stereocenters. The van der Waals surface area contributed by atoms with Gasteiger partial charge in [-0.25, -0.2) is 4.98 Å². The molecule has 0 aromatic carbocycles. The van der Waals surface area contributed by atoms with Crippen molar-refractivity contribution >= 4 is 5.91 Å². The van der Waals surface area contributed by atoms with Gasteiger partial charge in [0, 0.05) is 32.4 Å². The maximum Gasteiger partial charge on any atom is 0.256 e. The van der Waals surface area contributed by atoms with Gasteiger partial charge in [0.25, 0.3) is 5.91 Å². The van der Waals surface area contributed by atoms with Crippen LogP contribution in [0.3, 0.4) is 0 Å². The van der Waals surface area contributed by atoms with Gasteiger partial charge in [-0.1, -0.05) is 0 Å². The minimum absolute atomic E-state index is 0.140. The second-order valence-corrected chi connectivity index (χ2v) is 5.10. The Morgan fingerprint density at radius 3 is 3.14 bits per heavy atom. The van der Waals surface area contributed by atoms with Gasteiger partial charge in [-0.3, -0.25) is 9.69 Å². The summed E-state index contributed by atoms with van der Waals surface area (Å²) < 4.78 is 10.2. The van der Waals surface area contributed by atoms with Crippen LogP contribution >= 0.6 is 0 Å². The van der Waals surface area contributed by atoms with Crippen molar-refractivity contribution in [1.29, 1.82) is 0 Å². The van der Waals surface area contributed by atoms with E-state index in [0.29, 0.717) is 24.0 Å². The Labute approximate surface area is 125 Å². The fraction of sp³-hybridized carbons (Fsp3) is 0.600. The normalized spacial score (nSPS) is 18.7. The standard InChI is InChI=1S/C15H23N3O3/c1-20-10-9-18-8-4-5-12(18)11-17-14(19)13-6-3-7-16-15(13)21-2/h3,6-7,12H,4-5,8-11H2,1-2H3,(H,17,19)/t12-/m0/s1. The molecule has 1 aromatic rings. The number of nitrogens with one attached hydrogen (secondary N) is 1. The molecule has 1 amide bonds. The van der Waals surface area contributed by atoms with Gasteiger partial charge in [0.05, 0.1) is 13.7 Å². The number of amides is 1. The van der Waals surface area contributed by atoms with Gasteiger partial charge in [0.15, 0.2) is 0 Å². The fourth-order valence-corrected chi connectivity index (χ4v) is 2.66. The van der Waals surface area contributed by atoms with Crippen molar-refractivity contribution in [1.82, 2.24) is 15.2 Å². The van der Waals surface area contributed by atoms with E-state index >= 15 is 0 Å². The van der Waals surface area contributed by atoms with E-state index in [1.165, 1.54) is 13.5 Å². The van der Waals surface area contributed by atoms with Crippen LogP contribution in [0, 0.1) is 0 Å². The summed E-state index contributed by atoms with van der Waals surface area (Å²) in [6, 6.07) is 3.84. The zero-order chi connectivity index (χ0) is 15.1. The third kappa shape index (κ3) is 4.15. The Hall–Kier alpha value is -1.66. The molecule has 1 N–H and O–H groups in total. The summed E-state index contributed by atoms with van der Waals surface area (Å²) in [7, 11) is 3.23. The number of carbonyl (C=O) groups is 1. The molecule has 116 valence electrons. The van der Waals surface area contributed by atoms with Crippen molar-refractivity contribution in [2.45, 2.75) is 18.9 Å². The predicted octanol–water partition coefficient (Wildman–Crippen LogP) is 0.931. The Balaban J connectivity index is 1.88. The molecule has 1 atom stereocenters. The average molecular weight is 293 g/mol. The van der Waals surface area contributed by atoms with E-state index in [9.17, 15) is 4.79 Å². The van der Waals surface area contributed by atoms with Crippen LogP contribution in [-0.4, -0.2) is 62.3 Å². The lowest BCUT2D eigenvalue weighted by molar-refractivity contribution is 0.0929. The third-order valence-electron chi connectivity index (χ3n) is 3.79. The van der Waals surface area contributed by atoms with Crippen molar-refractivity contribution in [2.24, 2.45) is 0 Å². The van der Waals surface area contributed by atoms with Crippen molar-refractivity contribution in [2.75, 3.05) is 40.5 Å². The highest BCUT2D eigenvalue weighted by molar-refractivity contribution is 5.96. The van der Waals surface area contributed by atoms with E-state index < -0.39 is 0 Å². The largest absolute Gasteiger partial charge is 0.480 e. The van der Waals surface area contributed by atoms with E-state index in [1.54, 1.807) is 25.4 Å². The number of pyridine rings is 1. The summed E-state index contributed by atoms with van der Waals surface area (Å²) in [6.07, 6.45) is 3.88. The minimum atomic E-state index is -0.140. The Morgan fingerprint density at radius 1 is 1.52 bits per heavy atom. The van der Waals surface area contributed by atoms with Crippen molar-refractivity contribution < 1.29 is 14.3 Å². The number of rotatable bonds is 7. The van der Waals surface area contributed by atoms with Gasteiger partial charge >= 0.3 is 0 Å². The molecule has 2 heterocycles. The number of ether oxygens (including phenoxy) is 2. The predicted molar refractivity (Wildman–Crippen MR) is 79.6 cm³/mol. The van der Waals surface area contributed by atoms with Crippen LogP contribution < -0.4 is 10.1 Å². The Kier molecular flexibility index (Phi) is 5.95. The number of aromatic nitrogens is 1. The van der Waals surface area contributed by atoms with Gasteiger partial charge in [-0.15, -0.1) is 0 Å². The molecular formula is C15H23N3O3. The molecule has 1 saturated heterocycles. The van der Waals surface area contributed by atoms with Gasteiger partial charge < -0.3 is 14.8 Å². The fourth-order valence-electron chi connectivity index (χ4n) is 2.66. The average Bonchev–Trinajstić information content (AvgIpc) is 2.97. The highest BCUT2D eigenvalue weighted by Crippen LogP contribution is 2.17. The summed E-state index contributed by atoms with van der Waals surface area (Å²) in [5.41, 5.74) is 0.474. The number of hydrogen-bond donors (Lipinski definition) is 1. The number of methoxy groups -OCH3 is 2. The molecule has 1 fully saturated rings. The first-order valence-electron chi connectivity index (χ1n) is 7.26. The second kappa shape index (κ2) is 7.95. The van der Waals surface area contributed by atoms with E-state index in [4.69, 9.17) is 9.47 Å². The number of hydrogen-bond acceptors (Lipinski definition) is 5. The lowest BCUT2D eigenvalue weighted by atomic mass is 10.2. The van der Waals surface area contributed by atoms with E-state index in [1.807, 2.05) is 0 Å². The molecule has 0 aliphatic carbocycles. The monoisotopic (exact) mass is 293 g/mol. The molecule has 0 spiro atoms. The number of nitrogens with zero attached hydrogens (tertiary/aromatic N) is 2. The number of carbonyl (C=O) groups excluding carboxylic acids is 1. The van der Waals surface area contributed by atoms with Gasteiger partial charge in [0.1, 0.15) is 5.56 Å². The van der Waals surface area contributed by atoms with Crippen LogP contribution in [0.4, 0.5) is 0 Å². The van der Waals surface area contributed by atoms with Crippen LogP contribution in [0.5, 0.6) is 5.88 Å². The summed E-state index contributed by atoms with van der Waals surface area (Å²) in [5, 5.41) is 2.98. The lowest BCUT2D eigenvalue weighted by Gasteiger charge is -2.24. The summed E-state index contributed by atoms with van der Waals surface area (Å²) in [4.78, 5) is 18.6. The Bertz CT molecular complexity index is 467. The maximum atomic E-state index is 12.2. The first kappa shape index (κ1) is 15.7. The number of likely N-dealkylation sites (tertiary alicyclic amines) is 1. The van der Waals surface area contributed by atoms with E-state index in [-0.39, 0.29) is 5.91 Å². The van der Waals surface area contributed by atoms with Gasteiger partial charge in [-0.2, -0.15) is 0 Å². The molecule has 6 heteroatoms. The maximum absolute atomic E-state index is 12.2. The van der Waals surface area contributed by atoms with Crippen LogP contribution in [-0.2, 0) is 4.74 Å². The first-order valence-corrected chi connectivity index (χ1v) is 7.26. The molecule has 6 nitrogen and oxygen atoms in total. The molecular weight excluding hydrogens is 270 g/mol. The van der Waals surface area contributed by atoms with Gasteiger partial charge in [-0.05, 0) is 31.5 Å². The summed E-state index contributed by atoms with van der Waals surface area (Å²) in [6.45, 7) is 3.34. The van der Waals surface area contributed by atoms with Crippen LogP contribution in [0.15, 0.2) is 18.3 Å². The topological polar surface area (TPSA) is 63.7 Å². The van der Waals surface area contributed by atoms with E-state index in [2.05, 4.69) is 15.2 Å². The van der Waals surface area contributed by atoms with Crippen LogP contribution in [0.1, 0.15) is 23.2 Å². The zero-order valence-corrected chi connectivity index (χ0v) is 12.7. The third-order valence-corrected chi connectivity index (χ3v) is 3.79. The van der Waals surface area contributed by atoms with Crippen molar-refractivity contribution in [3.8, 4) is 5.88 Å². The molecule has 21 heavy (non-hydrogen) atoms. The van der Waals surface area contributed by atoms with Crippen LogP contribution in [0.2, 0.25) is 0 Å². The quantitative estimate of drug-likeness (QED) is 0.810. The molecule has 0 saturated carbocycles. The van der Waals surface area contributed by atoms with Crippen molar-refractivity contribution in [3.05, 3.63) is 23.9 Å². The molecule has 2 rings (SSSR count). The summed E-state index contributed by atoms with van der Waals surface area (Å²) in [5.74, 6) is 0.219. The smallest absolute Gasteiger partial charge is 0.256 e. The molecule has 1 aliphatic heterocycles. The highest BCUT2D eigenvalue weighted by Gasteiger charge is 2.24. The van der Waals surface area contributed by atoms with E-state index in [0.717, 1.165) is 26.1 Å². The Morgan fingerprint density at radius 2 is 2.38 bits per heavy atom. The molecule has 1 aliphatic rings. The molecule has 0 radical (unpaired) electrons.